The standard InChI is InChI=1S/C24H39N5O2/c1-25-24(26-17-23(21-9-14-31-19-21)29-12-15-30-16-13-29)27-22-7-10-28(11-8-22)18-20-5-3-2-4-6-20/h2-6,21-23H,7-19H2,1H3,(H2,25,26,27). The van der Waals surface area contributed by atoms with Gasteiger partial charge in [0.2, 0.25) is 0 Å². The van der Waals surface area contributed by atoms with Gasteiger partial charge in [-0.15, -0.1) is 0 Å². The lowest BCUT2D eigenvalue weighted by Crippen LogP contribution is -2.55. The average molecular weight is 430 g/mol. The van der Waals surface area contributed by atoms with Gasteiger partial charge in [-0.05, 0) is 24.8 Å². The van der Waals surface area contributed by atoms with E-state index < -0.39 is 0 Å². The molecule has 1 aromatic carbocycles. The molecule has 4 rings (SSSR count). The minimum Gasteiger partial charge on any atom is -0.381 e. The van der Waals surface area contributed by atoms with Gasteiger partial charge in [0, 0.05) is 70.9 Å². The fourth-order valence-electron chi connectivity index (χ4n) is 5.03. The highest BCUT2D eigenvalue weighted by Gasteiger charge is 2.31. The molecule has 3 fully saturated rings. The first kappa shape index (κ1) is 22.5. The fourth-order valence-corrected chi connectivity index (χ4v) is 5.03. The van der Waals surface area contributed by atoms with Crippen molar-refractivity contribution in [2.45, 2.75) is 37.9 Å². The summed E-state index contributed by atoms with van der Waals surface area (Å²) < 4.78 is 11.3. The Morgan fingerprint density at radius 2 is 1.81 bits per heavy atom. The van der Waals surface area contributed by atoms with Crippen molar-refractivity contribution >= 4 is 5.96 Å². The van der Waals surface area contributed by atoms with Crippen LogP contribution in [0.5, 0.6) is 0 Å². The number of guanidine groups is 1. The van der Waals surface area contributed by atoms with Crippen LogP contribution in [0.25, 0.3) is 0 Å². The predicted molar refractivity (Wildman–Crippen MR) is 124 cm³/mol. The van der Waals surface area contributed by atoms with E-state index in [4.69, 9.17) is 9.47 Å². The summed E-state index contributed by atoms with van der Waals surface area (Å²) in [6.45, 7) is 9.64. The molecular formula is C24H39N5O2. The number of rotatable bonds is 7. The molecule has 0 saturated carbocycles. The Bertz CT molecular complexity index is 666. The minimum absolute atomic E-state index is 0.470. The summed E-state index contributed by atoms with van der Waals surface area (Å²) in [4.78, 5) is 9.65. The van der Waals surface area contributed by atoms with E-state index in [1.807, 2.05) is 7.05 Å². The Morgan fingerprint density at radius 1 is 1.03 bits per heavy atom. The zero-order valence-electron chi connectivity index (χ0n) is 19.0. The molecule has 2 unspecified atom stereocenters. The van der Waals surface area contributed by atoms with Crippen LogP contribution in [0.2, 0.25) is 0 Å². The number of benzene rings is 1. The summed E-state index contributed by atoms with van der Waals surface area (Å²) in [5, 5.41) is 7.31. The van der Waals surface area contributed by atoms with Gasteiger partial charge in [0.25, 0.3) is 0 Å². The number of nitrogens with one attached hydrogen (secondary N) is 2. The zero-order valence-corrected chi connectivity index (χ0v) is 19.0. The third kappa shape index (κ3) is 6.65. The Balaban J connectivity index is 1.23. The van der Waals surface area contributed by atoms with Gasteiger partial charge in [0.1, 0.15) is 0 Å². The second-order valence-electron chi connectivity index (χ2n) is 8.97. The van der Waals surface area contributed by atoms with Crippen molar-refractivity contribution in [2.24, 2.45) is 10.9 Å². The summed E-state index contributed by atoms with van der Waals surface area (Å²) in [5.74, 6) is 1.52. The number of likely N-dealkylation sites (tertiary alicyclic amines) is 1. The van der Waals surface area contributed by atoms with Crippen molar-refractivity contribution in [1.82, 2.24) is 20.4 Å². The molecule has 172 valence electrons. The molecule has 3 saturated heterocycles. The van der Waals surface area contributed by atoms with Crippen molar-refractivity contribution in [2.75, 3.05) is 66.2 Å². The van der Waals surface area contributed by atoms with Crippen molar-refractivity contribution in [1.29, 1.82) is 0 Å². The Hall–Kier alpha value is -1.67. The average Bonchev–Trinajstić information content (AvgIpc) is 3.36. The predicted octanol–water partition coefficient (Wildman–Crippen LogP) is 1.55. The van der Waals surface area contributed by atoms with Crippen LogP contribution in [0, 0.1) is 5.92 Å². The van der Waals surface area contributed by atoms with Crippen molar-refractivity contribution in [3.8, 4) is 0 Å². The summed E-state index contributed by atoms with van der Waals surface area (Å²) >= 11 is 0. The number of hydrogen-bond donors (Lipinski definition) is 2. The maximum atomic E-state index is 5.70. The lowest BCUT2D eigenvalue weighted by molar-refractivity contribution is 0.00245. The van der Waals surface area contributed by atoms with Crippen LogP contribution in [-0.4, -0.2) is 94.0 Å². The van der Waals surface area contributed by atoms with E-state index in [0.29, 0.717) is 18.0 Å². The van der Waals surface area contributed by atoms with Crippen molar-refractivity contribution in [3.05, 3.63) is 35.9 Å². The van der Waals surface area contributed by atoms with E-state index in [0.717, 1.165) is 90.9 Å². The topological polar surface area (TPSA) is 61.4 Å². The molecule has 3 aliphatic heterocycles. The second kappa shape index (κ2) is 11.8. The van der Waals surface area contributed by atoms with Crippen LogP contribution >= 0.6 is 0 Å². The minimum atomic E-state index is 0.470. The van der Waals surface area contributed by atoms with Gasteiger partial charge in [-0.1, -0.05) is 30.3 Å². The molecule has 3 heterocycles. The van der Waals surface area contributed by atoms with Gasteiger partial charge >= 0.3 is 0 Å². The van der Waals surface area contributed by atoms with E-state index in [9.17, 15) is 0 Å². The first-order chi connectivity index (χ1) is 15.3. The third-order valence-corrected chi connectivity index (χ3v) is 6.90. The van der Waals surface area contributed by atoms with E-state index in [-0.39, 0.29) is 0 Å². The number of hydrogen-bond acceptors (Lipinski definition) is 5. The van der Waals surface area contributed by atoms with Crippen LogP contribution < -0.4 is 10.6 Å². The molecule has 0 bridgehead atoms. The first-order valence-electron chi connectivity index (χ1n) is 11.9. The first-order valence-corrected chi connectivity index (χ1v) is 11.9. The molecule has 0 aliphatic carbocycles. The highest BCUT2D eigenvalue weighted by atomic mass is 16.5. The van der Waals surface area contributed by atoms with Gasteiger partial charge in [0.05, 0.1) is 19.8 Å². The van der Waals surface area contributed by atoms with Gasteiger partial charge in [-0.25, -0.2) is 0 Å². The lowest BCUT2D eigenvalue weighted by atomic mass is 9.97. The molecule has 2 atom stereocenters. The molecule has 31 heavy (non-hydrogen) atoms. The monoisotopic (exact) mass is 429 g/mol. The van der Waals surface area contributed by atoms with E-state index in [1.165, 1.54) is 5.56 Å². The number of ether oxygens (including phenoxy) is 2. The summed E-state index contributed by atoms with van der Waals surface area (Å²) in [6.07, 6.45) is 3.45. The number of morpholine rings is 1. The Kier molecular flexibility index (Phi) is 8.58. The molecular weight excluding hydrogens is 390 g/mol. The van der Waals surface area contributed by atoms with Gasteiger partial charge < -0.3 is 20.1 Å². The van der Waals surface area contributed by atoms with Crippen LogP contribution in [0.15, 0.2) is 35.3 Å². The maximum absolute atomic E-state index is 5.70. The molecule has 0 spiro atoms. The highest BCUT2D eigenvalue weighted by Crippen LogP contribution is 2.22. The maximum Gasteiger partial charge on any atom is 0.191 e. The number of nitrogens with zero attached hydrogens (tertiary/aromatic N) is 3. The van der Waals surface area contributed by atoms with Gasteiger partial charge in [-0.2, -0.15) is 0 Å². The van der Waals surface area contributed by atoms with Crippen molar-refractivity contribution < 1.29 is 9.47 Å². The number of piperidine rings is 1. The summed E-state index contributed by atoms with van der Waals surface area (Å²) in [5.41, 5.74) is 1.40. The molecule has 7 nitrogen and oxygen atoms in total. The number of aliphatic imine (C=N–C) groups is 1. The highest BCUT2D eigenvalue weighted by molar-refractivity contribution is 5.80. The normalized spacial score (nSPS) is 25.5. The molecule has 0 radical (unpaired) electrons. The fraction of sp³-hybridized carbons (Fsp3) is 0.708. The molecule has 7 heteroatoms. The quantitative estimate of drug-likeness (QED) is 0.507. The van der Waals surface area contributed by atoms with Crippen LogP contribution in [-0.2, 0) is 16.0 Å². The van der Waals surface area contributed by atoms with Crippen LogP contribution in [0.1, 0.15) is 24.8 Å². The van der Waals surface area contributed by atoms with Crippen LogP contribution in [0.4, 0.5) is 0 Å². The molecule has 2 N–H and O–H groups in total. The molecule has 0 aromatic heterocycles. The van der Waals surface area contributed by atoms with E-state index in [1.54, 1.807) is 0 Å². The Morgan fingerprint density at radius 3 is 2.48 bits per heavy atom. The van der Waals surface area contributed by atoms with Gasteiger partial charge in [0.15, 0.2) is 5.96 Å². The molecule has 0 amide bonds. The molecule has 3 aliphatic rings. The Labute approximate surface area is 187 Å². The smallest absolute Gasteiger partial charge is 0.191 e. The van der Waals surface area contributed by atoms with E-state index >= 15 is 0 Å². The molecule has 1 aromatic rings. The van der Waals surface area contributed by atoms with E-state index in [2.05, 4.69) is 55.8 Å². The van der Waals surface area contributed by atoms with Crippen molar-refractivity contribution in [3.63, 3.8) is 0 Å². The third-order valence-electron chi connectivity index (χ3n) is 6.90. The van der Waals surface area contributed by atoms with Gasteiger partial charge in [-0.3, -0.25) is 14.8 Å². The summed E-state index contributed by atoms with van der Waals surface area (Å²) in [7, 11) is 1.88. The second-order valence-corrected chi connectivity index (χ2v) is 8.97. The summed E-state index contributed by atoms with van der Waals surface area (Å²) in [6, 6.07) is 11.7. The van der Waals surface area contributed by atoms with Crippen LogP contribution in [0.3, 0.4) is 0 Å². The lowest BCUT2D eigenvalue weighted by Gasteiger charge is -2.38. The SMILES string of the molecule is CN=C(NCC(C1CCOC1)N1CCOCC1)NC1CCN(Cc2ccccc2)CC1. The largest absolute Gasteiger partial charge is 0.381 e. The zero-order chi connectivity index (χ0) is 21.3.